The Hall–Kier alpha value is -2.51. The molecular weight excluding hydrogens is 388 g/mol. The van der Waals surface area contributed by atoms with Crippen LogP contribution in [0.1, 0.15) is 48.8 Å². The van der Waals surface area contributed by atoms with Gasteiger partial charge in [0.1, 0.15) is 11.9 Å². The smallest absolute Gasteiger partial charge is 0.316 e. The Morgan fingerprint density at radius 2 is 1.83 bits per heavy atom. The van der Waals surface area contributed by atoms with Crippen LogP contribution < -0.4 is 4.74 Å². The van der Waals surface area contributed by atoms with Gasteiger partial charge in [-0.1, -0.05) is 11.6 Å². The summed E-state index contributed by atoms with van der Waals surface area (Å²) in [4.78, 5) is 10.6. The average molecular weight is 411 g/mol. The van der Waals surface area contributed by atoms with Crippen LogP contribution in [0.5, 0.6) is 6.01 Å². The van der Waals surface area contributed by atoms with E-state index in [0.29, 0.717) is 11.9 Å². The molecule has 150 valence electrons. The van der Waals surface area contributed by atoms with Crippen molar-refractivity contribution in [3.63, 3.8) is 0 Å². The third-order valence-corrected chi connectivity index (χ3v) is 5.98. The van der Waals surface area contributed by atoms with Gasteiger partial charge >= 0.3 is 6.01 Å². The highest BCUT2D eigenvalue weighted by Crippen LogP contribution is 2.36. The van der Waals surface area contributed by atoms with E-state index >= 15 is 0 Å². The number of nitrogens with zero attached hydrogens (tertiary/aromatic N) is 6. The molecule has 2 aromatic heterocycles. The van der Waals surface area contributed by atoms with Crippen LogP contribution in [0.3, 0.4) is 0 Å². The van der Waals surface area contributed by atoms with Gasteiger partial charge in [-0.3, -0.25) is 9.47 Å². The van der Waals surface area contributed by atoms with E-state index in [1.54, 1.807) is 18.5 Å². The lowest BCUT2D eigenvalue weighted by Crippen LogP contribution is -2.25. The first-order valence-electron chi connectivity index (χ1n) is 10.0. The molecule has 8 heteroatoms. The summed E-state index contributed by atoms with van der Waals surface area (Å²) in [6.07, 6.45) is 7.50. The molecule has 0 radical (unpaired) electrons. The molecule has 1 aliphatic heterocycles. The van der Waals surface area contributed by atoms with Crippen molar-refractivity contribution in [1.29, 1.82) is 0 Å². The van der Waals surface area contributed by atoms with E-state index in [4.69, 9.17) is 16.3 Å². The van der Waals surface area contributed by atoms with E-state index in [1.165, 1.54) is 5.56 Å². The van der Waals surface area contributed by atoms with Gasteiger partial charge in [-0.15, -0.1) is 10.2 Å². The second-order valence-electron chi connectivity index (χ2n) is 7.88. The minimum absolute atomic E-state index is 0.150. The fraction of sp³-hybridized carbons (Fsp3) is 0.429. The molecule has 1 aromatic carbocycles. The maximum Gasteiger partial charge on any atom is 0.316 e. The molecule has 0 spiro atoms. The molecule has 2 aliphatic rings. The van der Waals surface area contributed by atoms with E-state index in [1.807, 2.05) is 6.07 Å². The van der Waals surface area contributed by atoms with Crippen LogP contribution in [0.2, 0.25) is 5.02 Å². The maximum absolute atomic E-state index is 6.27. The Bertz CT molecular complexity index is 1000. The molecule has 29 heavy (non-hydrogen) atoms. The molecular formula is C21H23ClN6O. The predicted molar refractivity (Wildman–Crippen MR) is 109 cm³/mol. The Morgan fingerprint density at radius 1 is 1.03 bits per heavy atom. The summed E-state index contributed by atoms with van der Waals surface area (Å²) in [5, 5.41) is 9.91. The van der Waals surface area contributed by atoms with Gasteiger partial charge < -0.3 is 4.74 Å². The average Bonchev–Trinajstić information content (AvgIpc) is 3.06. The molecule has 0 saturated heterocycles. The molecule has 5 rings (SSSR count). The molecule has 0 unspecified atom stereocenters. The summed E-state index contributed by atoms with van der Waals surface area (Å²) in [5.74, 6) is 2.40. The van der Waals surface area contributed by atoms with E-state index in [-0.39, 0.29) is 6.10 Å². The topological polar surface area (TPSA) is 69.0 Å². The zero-order valence-corrected chi connectivity index (χ0v) is 17.1. The van der Waals surface area contributed by atoms with Gasteiger partial charge in [-0.25, -0.2) is 9.97 Å². The Balaban J connectivity index is 1.38. The van der Waals surface area contributed by atoms with Crippen molar-refractivity contribution in [3.8, 4) is 11.7 Å². The minimum Gasteiger partial charge on any atom is -0.460 e. The standard InChI is InChI=1S/C21H23ClN6O/c1-27-12-15-11-16(22)5-8-18(15)28-19(13-27)25-26-20(28)14-3-6-17(7-4-14)29-21-23-9-2-10-24-21/h2,5,8-11,14,17H,3-4,6-7,12-13H2,1H3. The zero-order valence-electron chi connectivity index (χ0n) is 16.3. The zero-order chi connectivity index (χ0) is 19.8. The van der Waals surface area contributed by atoms with Gasteiger partial charge in [-0.05, 0) is 62.6 Å². The molecule has 0 amide bonds. The van der Waals surface area contributed by atoms with Crippen LogP contribution in [0, 0.1) is 0 Å². The molecule has 0 atom stereocenters. The summed E-state index contributed by atoms with van der Waals surface area (Å²) >= 11 is 6.27. The minimum atomic E-state index is 0.150. The second kappa shape index (κ2) is 7.72. The molecule has 7 nitrogen and oxygen atoms in total. The van der Waals surface area contributed by atoms with Crippen molar-refractivity contribution in [2.24, 2.45) is 0 Å². The second-order valence-corrected chi connectivity index (χ2v) is 8.31. The molecule has 1 saturated carbocycles. The van der Waals surface area contributed by atoms with Crippen LogP contribution in [0.4, 0.5) is 0 Å². The molecule has 0 N–H and O–H groups in total. The highest BCUT2D eigenvalue weighted by molar-refractivity contribution is 6.30. The van der Waals surface area contributed by atoms with Crippen LogP contribution in [0.25, 0.3) is 5.69 Å². The highest BCUT2D eigenvalue weighted by Gasteiger charge is 2.30. The summed E-state index contributed by atoms with van der Waals surface area (Å²) in [7, 11) is 2.10. The number of rotatable bonds is 3. The monoisotopic (exact) mass is 410 g/mol. The third kappa shape index (κ3) is 3.72. The van der Waals surface area contributed by atoms with Crippen molar-refractivity contribution in [2.75, 3.05) is 7.05 Å². The Kier molecular flexibility index (Phi) is 4.93. The first-order chi connectivity index (χ1) is 14.2. The first-order valence-corrected chi connectivity index (χ1v) is 10.4. The molecule has 0 bridgehead atoms. The lowest BCUT2D eigenvalue weighted by atomic mass is 9.86. The van der Waals surface area contributed by atoms with Crippen LogP contribution in [-0.4, -0.2) is 42.8 Å². The van der Waals surface area contributed by atoms with Crippen molar-refractivity contribution in [1.82, 2.24) is 29.6 Å². The normalized spacial score (nSPS) is 21.9. The fourth-order valence-corrected chi connectivity index (χ4v) is 4.58. The van der Waals surface area contributed by atoms with Crippen LogP contribution in [0.15, 0.2) is 36.7 Å². The number of ether oxygens (including phenoxy) is 1. The van der Waals surface area contributed by atoms with Crippen molar-refractivity contribution in [3.05, 3.63) is 58.9 Å². The lowest BCUT2D eigenvalue weighted by molar-refractivity contribution is 0.132. The van der Waals surface area contributed by atoms with Gasteiger partial charge in [0.2, 0.25) is 0 Å². The van der Waals surface area contributed by atoms with E-state index < -0.39 is 0 Å². The van der Waals surface area contributed by atoms with E-state index in [2.05, 4.69) is 48.8 Å². The van der Waals surface area contributed by atoms with Crippen LogP contribution in [-0.2, 0) is 13.1 Å². The molecule has 1 fully saturated rings. The summed E-state index contributed by atoms with van der Waals surface area (Å²) in [6, 6.07) is 8.35. The van der Waals surface area contributed by atoms with Gasteiger partial charge in [-0.2, -0.15) is 0 Å². The molecule has 3 aromatic rings. The largest absolute Gasteiger partial charge is 0.460 e. The predicted octanol–water partition coefficient (Wildman–Crippen LogP) is 3.76. The summed E-state index contributed by atoms with van der Waals surface area (Å²) in [6.45, 7) is 1.61. The Labute approximate surface area is 174 Å². The number of fused-ring (bicyclic) bond motifs is 3. The van der Waals surface area contributed by atoms with E-state index in [9.17, 15) is 0 Å². The molecule has 1 aliphatic carbocycles. The summed E-state index contributed by atoms with van der Waals surface area (Å²) < 4.78 is 8.20. The number of benzene rings is 1. The molecule has 3 heterocycles. The first kappa shape index (κ1) is 18.5. The number of hydrogen-bond acceptors (Lipinski definition) is 6. The van der Waals surface area contributed by atoms with Crippen molar-refractivity contribution < 1.29 is 4.74 Å². The highest BCUT2D eigenvalue weighted by atomic mass is 35.5. The van der Waals surface area contributed by atoms with Gasteiger partial charge in [0.05, 0.1) is 12.2 Å². The summed E-state index contributed by atoms with van der Waals surface area (Å²) in [5.41, 5.74) is 2.35. The third-order valence-electron chi connectivity index (χ3n) is 5.74. The number of aromatic nitrogens is 5. The number of hydrogen-bond donors (Lipinski definition) is 0. The maximum atomic E-state index is 6.27. The van der Waals surface area contributed by atoms with Crippen molar-refractivity contribution >= 4 is 11.6 Å². The van der Waals surface area contributed by atoms with Crippen molar-refractivity contribution in [2.45, 2.75) is 50.8 Å². The lowest BCUT2D eigenvalue weighted by Gasteiger charge is -2.28. The number of halogens is 1. The van der Waals surface area contributed by atoms with E-state index in [0.717, 1.165) is 61.1 Å². The van der Waals surface area contributed by atoms with Gasteiger partial charge in [0, 0.05) is 29.9 Å². The van der Waals surface area contributed by atoms with Crippen LogP contribution >= 0.6 is 11.6 Å². The fourth-order valence-electron chi connectivity index (χ4n) is 4.38. The van der Waals surface area contributed by atoms with Gasteiger partial charge in [0.15, 0.2) is 5.82 Å². The quantitative estimate of drug-likeness (QED) is 0.654. The Morgan fingerprint density at radius 3 is 2.62 bits per heavy atom. The SMILES string of the molecule is CN1Cc2cc(Cl)ccc2-n2c(nnc2C2CCC(Oc3ncccn3)CC2)C1. The van der Waals surface area contributed by atoms with Gasteiger partial charge in [0.25, 0.3) is 0 Å².